The monoisotopic (exact) mass is 227 g/mol. The molecular formula is CHBr2Fe+. The van der Waals surface area contributed by atoms with E-state index >= 15 is 0 Å². The molecule has 0 spiro atoms. The Morgan fingerprint density at radius 3 is 1.25 bits per heavy atom. The largest absolute Gasteiger partial charge is 2.00 e. The summed E-state index contributed by atoms with van der Waals surface area (Å²) in [4.78, 5) is 0. The molecular weight excluding hydrogens is 228 g/mol. The van der Waals surface area contributed by atoms with E-state index < -0.39 is 0 Å². The summed E-state index contributed by atoms with van der Waals surface area (Å²) in [5.41, 5.74) is 0. The summed E-state index contributed by atoms with van der Waals surface area (Å²) in [6, 6.07) is 0. The van der Waals surface area contributed by atoms with Crippen LogP contribution in [0.4, 0.5) is 0 Å². The molecule has 0 unspecified atom stereocenters. The van der Waals surface area contributed by atoms with Crippen LogP contribution in [0, 0.1) is 4.24 Å². The average Bonchev–Trinajstić information content (AvgIpc) is 0.918. The minimum atomic E-state index is 0. The zero-order valence-electron chi connectivity index (χ0n) is 1.69. The molecule has 0 aliphatic rings. The maximum atomic E-state index is 2.94. The van der Waals surface area contributed by atoms with E-state index in [1.807, 2.05) is 0 Å². The molecule has 0 heterocycles. The Morgan fingerprint density at radius 1 is 1.25 bits per heavy atom. The van der Waals surface area contributed by atoms with Gasteiger partial charge in [0.2, 0.25) is 0 Å². The molecule has 0 aliphatic heterocycles. The van der Waals surface area contributed by atoms with Crippen molar-refractivity contribution >= 4 is 31.9 Å². The van der Waals surface area contributed by atoms with Gasteiger partial charge in [-0.3, -0.25) is 0 Å². The first kappa shape index (κ1) is 9.08. The molecule has 0 amide bonds. The van der Waals surface area contributed by atoms with Gasteiger partial charge in [-0.2, -0.15) is 0 Å². The Bertz CT molecular complexity index is 6.00. The molecule has 0 aromatic rings. The van der Waals surface area contributed by atoms with Crippen LogP contribution in [0.3, 0.4) is 0 Å². The predicted molar refractivity (Wildman–Crippen MR) is 22.2 cm³/mol. The predicted octanol–water partition coefficient (Wildman–Crippen LogP) is 1.89. The van der Waals surface area contributed by atoms with Crippen molar-refractivity contribution in [3.05, 3.63) is 4.24 Å². The fraction of sp³-hybridized carbons (Fsp3) is 0. The van der Waals surface area contributed by atoms with E-state index in [2.05, 4.69) is 31.9 Å². The molecule has 0 radical (unpaired) electrons. The van der Waals surface area contributed by atoms with E-state index in [0.717, 1.165) is 0 Å². The van der Waals surface area contributed by atoms with Crippen molar-refractivity contribution in [2.75, 3.05) is 0 Å². The van der Waals surface area contributed by atoms with Gasteiger partial charge in [0.1, 0.15) is 0 Å². The SMILES string of the molecule is Br[CH-]Br.[Fe+2]. The van der Waals surface area contributed by atoms with Crippen molar-refractivity contribution in [2.24, 2.45) is 0 Å². The Labute approximate surface area is 53.1 Å². The van der Waals surface area contributed by atoms with Gasteiger partial charge in [-0.15, -0.1) is 0 Å². The first-order chi connectivity index (χ1) is 1.41. The van der Waals surface area contributed by atoms with Crippen LogP contribution in [-0.2, 0) is 17.1 Å². The quantitative estimate of drug-likeness (QED) is 0.439. The van der Waals surface area contributed by atoms with E-state index in [4.69, 9.17) is 0 Å². The number of hydrogen-bond donors (Lipinski definition) is 0. The van der Waals surface area contributed by atoms with Crippen LogP contribution < -0.4 is 0 Å². The molecule has 3 heteroatoms. The molecule has 0 N–H and O–H groups in total. The Hall–Kier alpha value is 1.48. The molecule has 0 aromatic heterocycles. The van der Waals surface area contributed by atoms with Crippen LogP contribution in [0.5, 0.6) is 0 Å². The van der Waals surface area contributed by atoms with Gasteiger partial charge >= 0.3 is 17.1 Å². The van der Waals surface area contributed by atoms with Crippen LogP contribution >= 0.6 is 31.9 Å². The van der Waals surface area contributed by atoms with Crippen molar-refractivity contribution in [3.8, 4) is 0 Å². The van der Waals surface area contributed by atoms with E-state index in [1.54, 1.807) is 4.24 Å². The van der Waals surface area contributed by atoms with Gasteiger partial charge in [0.05, 0.1) is 0 Å². The normalized spacial score (nSPS) is 4.50. The maximum absolute atomic E-state index is 2.94. The van der Waals surface area contributed by atoms with Gasteiger partial charge in [-0.25, -0.2) is 4.24 Å². The first-order valence-corrected chi connectivity index (χ1v) is 2.27. The third kappa shape index (κ3) is 9.77. The van der Waals surface area contributed by atoms with Gasteiger partial charge in [0, 0.05) is 0 Å². The van der Waals surface area contributed by atoms with Crippen LogP contribution in [-0.4, -0.2) is 0 Å². The Balaban J connectivity index is 0. The molecule has 0 bridgehead atoms. The van der Waals surface area contributed by atoms with Gasteiger partial charge in [-0.1, -0.05) is 0 Å². The van der Waals surface area contributed by atoms with Gasteiger partial charge < -0.3 is 31.9 Å². The summed E-state index contributed by atoms with van der Waals surface area (Å²) in [5.74, 6) is 0. The summed E-state index contributed by atoms with van der Waals surface area (Å²) < 4.78 is 1.62. The van der Waals surface area contributed by atoms with Gasteiger partial charge in [0.25, 0.3) is 0 Å². The standard InChI is InChI=1S/CHBr2.Fe/c2-1-3;/h1H;/q-1;+2. The zero-order chi connectivity index (χ0) is 2.71. The molecule has 26 valence electrons. The van der Waals surface area contributed by atoms with Crippen LogP contribution in [0.25, 0.3) is 0 Å². The van der Waals surface area contributed by atoms with Crippen molar-refractivity contribution in [2.45, 2.75) is 0 Å². The molecule has 0 aromatic carbocycles. The summed E-state index contributed by atoms with van der Waals surface area (Å²) in [6.07, 6.45) is 0. The van der Waals surface area contributed by atoms with Crippen molar-refractivity contribution < 1.29 is 17.1 Å². The maximum Gasteiger partial charge on any atom is 2.00 e. The molecule has 0 nitrogen and oxygen atoms in total. The van der Waals surface area contributed by atoms with Crippen LogP contribution in [0.2, 0.25) is 0 Å². The van der Waals surface area contributed by atoms with Crippen molar-refractivity contribution in [3.63, 3.8) is 0 Å². The smallest absolute Gasteiger partial charge is 0.308 e. The Kier molecular flexibility index (Phi) is 20.0. The number of rotatable bonds is 0. The minimum Gasteiger partial charge on any atom is -0.308 e. The Morgan fingerprint density at radius 2 is 1.25 bits per heavy atom. The zero-order valence-corrected chi connectivity index (χ0v) is 5.96. The van der Waals surface area contributed by atoms with Gasteiger partial charge in [0.15, 0.2) is 0 Å². The van der Waals surface area contributed by atoms with Crippen molar-refractivity contribution in [1.29, 1.82) is 0 Å². The van der Waals surface area contributed by atoms with E-state index in [0.29, 0.717) is 0 Å². The second-order valence-electron chi connectivity index (χ2n) is 0.0825. The van der Waals surface area contributed by atoms with E-state index in [-0.39, 0.29) is 17.1 Å². The fourth-order valence-corrected chi connectivity index (χ4v) is 0. The molecule has 0 atom stereocenters. The summed E-state index contributed by atoms with van der Waals surface area (Å²) >= 11 is 5.88. The average molecular weight is 229 g/mol. The van der Waals surface area contributed by atoms with E-state index in [9.17, 15) is 0 Å². The summed E-state index contributed by atoms with van der Waals surface area (Å²) in [5, 5.41) is 0. The topological polar surface area (TPSA) is 0 Å². The molecule has 0 aliphatic carbocycles. The van der Waals surface area contributed by atoms with Crippen LogP contribution in [0.1, 0.15) is 0 Å². The molecule has 0 fully saturated rings. The summed E-state index contributed by atoms with van der Waals surface area (Å²) in [7, 11) is 0. The van der Waals surface area contributed by atoms with Crippen molar-refractivity contribution in [1.82, 2.24) is 0 Å². The number of halogens is 2. The third-order valence-corrected chi connectivity index (χ3v) is 0. The second-order valence-corrected chi connectivity index (χ2v) is 2.23. The van der Waals surface area contributed by atoms with Crippen LogP contribution in [0.15, 0.2) is 0 Å². The molecule has 0 saturated heterocycles. The first-order valence-electron chi connectivity index (χ1n) is 0.436. The number of hydrogen-bond acceptors (Lipinski definition) is 0. The third-order valence-electron chi connectivity index (χ3n) is 0. The minimum absolute atomic E-state index is 0. The fourth-order valence-electron chi connectivity index (χ4n) is 0. The molecule has 0 saturated carbocycles. The van der Waals surface area contributed by atoms with Gasteiger partial charge in [-0.05, 0) is 0 Å². The summed E-state index contributed by atoms with van der Waals surface area (Å²) in [6.45, 7) is 0. The molecule has 4 heavy (non-hydrogen) atoms. The van der Waals surface area contributed by atoms with E-state index in [1.165, 1.54) is 0 Å². The second kappa shape index (κ2) is 8.82. The molecule has 0 rings (SSSR count).